The molecule has 0 spiro atoms. The van der Waals surface area contributed by atoms with E-state index < -0.39 is 11.8 Å². The lowest BCUT2D eigenvalue weighted by molar-refractivity contribution is -0.162. The highest BCUT2D eigenvalue weighted by molar-refractivity contribution is 5.83. The molecule has 0 fully saturated rings. The Bertz CT molecular complexity index is 523. The molecule has 31 heavy (non-hydrogen) atoms. The van der Waals surface area contributed by atoms with Crippen LogP contribution < -0.4 is 0 Å². The van der Waals surface area contributed by atoms with E-state index in [9.17, 15) is 9.59 Å². The SMILES string of the molecule is CC(C)CCCCCCOC(=O)C1CC=CC(C)C1C(=O)OCCCCCCC(C)C. The van der Waals surface area contributed by atoms with E-state index in [0.717, 1.165) is 37.5 Å². The first-order valence-corrected chi connectivity index (χ1v) is 12.8. The molecule has 0 bridgehead atoms. The second-order valence-corrected chi connectivity index (χ2v) is 10.2. The zero-order chi connectivity index (χ0) is 23.1. The van der Waals surface area contributed by atoms with E-state index in [4.69, 9.17) is 9.47 Å². The first-order chi connectivity index (χ1) is 14.8. The van der Waals surface area contributed by atoms with Gasteiger partial charge in [0.25, 0.3) is 0 Å². The third-order valence-electron chi connectivity index (χ3n) is 6.24. The number of hydrogen-bond donors (Lipinski definition) is 0. The van der Waals surface area contributed by atoms with Crippen molar-refractivity contribution in [2.45, 2.75) is 105 Å². The number of esters is 2. The maximum absolute atomic E-state index is 12.7. The van der Waals surface area contributed by atoms with Crippen LogP contribution >= 0.6 is 0 Å². The van der Waals surface area contributed by atoms with Crippen molar-refractivity contribution < 1.29 is 19.1 Å². The number of allylic oxidation sites excluding steroid dienone is 2. The Labute approximate surface area is 191 Å². The van der Waals surface area contributed by atoms with Crippen molar-refractivity contribution in [2.75, 3.05) is 13.2 Å². The molecule has 1 aliphatic rings. The van der Waals surface area contributed by atoms with Crippen LogP contribution in [-0.4, -0.2) is 25.2 Å². The normalized spacial score (nSPS) is 20.9. The average Bonchev–Trinajstić information content (AvgIpc) is 2.71. The number of carbonyl (C=O) groups is 2. The van der Waals surface area contributed by atoms with Crippen LogP contribution in [0.15, 0.2) is 12.2 Å². The molecule has 3 unspecified atom stereocenters. The Morgan fingerprint density at radius 1 is 0.774 bits per heavy atom. The molecule has 0 aliphatic heterocycles. The van der Waals surface area contributed by atoms with Gasteiger partial charge in [0, 0.05) is 0 Å². The van der Waals surface area contributed by atoms with Crippen LogP contribution in [0, 0.1) is 29.6 Å². The summed E-state index contributed by atoms with van der Waals surface area (Å²) >= 11 is 0. The van der Waals surface area contributed by atoms with Crippen molar-refractivity contribution in [1.29, 1.82) is 0 Å². The Morgan fingerprint density at radius 3 is 1.77 bits per heavy atom. The molecule has 0 N–H and O–H groups in total. The highest BCUT2D eigenvalue weighted by Crippen LogP contribution is 2.32. The zero-order valence-corrected chi connectivity index (χ0v) is 20.9. The number of unbranched alkanes of at least 4 members (excludes halogenated alkanes) is 6. The molecule has 0 heterocycles. The molecule has 1 rings (SSSR count). The Balaban J connectivity index is 2.32. The van der Waals surface area contributed by atoms with E-state index in [0.29, 0.717) is 19.6 Å². The second-order valence-electron chi connectivity index (χ2n) is 10.2. The summed E-state index contributed by atoms with van der Waals surface area (Å²) < 4.78 is 11.1. The van der Waals surface area contributed by atoms with Gasteiger partial charge >= 0.3 is 11.9 Å². The molecule has 0 radical (unpaired) electrons. The Kier molecular flexibility index (Phi) is 14.6. The van der Waals surface area contributed by atoms with Crippen molar-refractivity contribution in [3.05, 3.63) is 12.2 Å². The highest BCUT2D eigenvalue weighted by atomic mass is 16.5. The minimum Gasteiger partial charge on any atom is -0.465 e. The van der Waals surface area contributed by atoms with Gasteiger partial charge in [-0.05, 0) is 37.0 Å². The summed E-state index contributed by atoms with van der Waals surface area (Å²) in [6.45, 7) is 11.9. The molecule has 4 heteroatoms. The Hall–Kier alpha value is -1.32. The lowest BCUT2D eigenvalue weighted by Crippen LogP contribution is -2.38. The molecule has 0 saturated carbocycles. The van der Waals surface area contributed by atoms with Gasteiger partial charge in [0.05, 0.1) is 25.0 Å². The van der Waals surface area contributed by atoms with Gasteiger partial charge in [0.15, 0.2) is 0 Å². The fourth-order valence-electron chi connectivity index (χ4n) is 4.26. The van der Waals surface area contributed by atoms with E-state index in [1.165, 1.54) is 38.5 Å². The van der Waals surface area contributed by atoms with Crippen LogP contribution in [0.25, 0.3) is 0 Å². The van der Waals surface area contributed by atoms with Gasteiger partial charge in [-0.2, -0.15) is 0 Å². The molecular formula is C27H48O4. The molecule has 3 atom stereocenters. The molecular weight excluding hydrogens is 388 g/mol. The fraction of sp³-hybridized carbons (Fsp3) is 0.852. The first-order valence-electron chi connectivity index (χ1n) is 12.8. The zero-order valence-electron chi connectivity index (χ0n) is 20.9. The van der Waals surface area contributed by atoms with Crippen LogP contribution in [0.2, 0.25) is 0 Å². The Morgan fingerprint density at radius 2 is 1.26 bits per heavy atom. The summed E-state index contributed by atoms with van der Waals surface area (Å²) in [6.07, 6.45) is 15.9. The first kappa shape index (κ1) is 27.7. The summed E-state index contributed by atoms with van der Waals surface area (Å²) in [4.78, 5) is 25.4. The molecule has 1 aliphatic carbocycles. The molecule has 4 nitrogen and oxygen atoms in total. The van der Waals surface area contributed by atoms with Crippen molar-refractivity contribution in [3.63, 3.8) is 0 Å². The summed E-state index contributed by atoms with van der Waals surface area (Å²) in [5.74, 6) is 0.175. The predicted octanol–water partition coefficient (Wildman–Crippen LogP) is 7.11. The molecule has 0 amide bonds. The van der Waals surface area contributed by atoms with Gasteiger partial charge in [-0.15, -0.1) is 0 Å². The van der Waals surface area contributed by atoms with Crippen molar-refractivity contribution in [2.24, 2.45) is 29.6 Å². The molecule has 0 aromatic carbocycles. The van der Waals surface area contributed by atoms with E-state index >= 15 is 0 Å². The van der Waals surface area contributed by atoms with Gasteiger partial charge in [0.2, 0.25) is 0 Å². The summed E-state index contributed by atoms with van der Waals surface area (Å²) in [7, 11) is 0. The quantitative estimate of drug-likeness (QED) is 0.147. The smallest absolute Gasteiger partial charge is 0.310 e. The second kappa shape index (κ2) is 16.3. The maximum atomic E-state index is 12.7. The highest BCUT2D eigenvalue weighted by Gasteiger charge is 2.40. The number of ether oxygens (including phenoxy) is 2. The van der Waals surface area contributed by atoms with Gasteiger partial charge in [0.1, 0.15) is 0 Å². The average molecular weight is 437 g/mol. The fourth-order valence-corrected chi connectivity index (χ4v) is 4.26. The van der Waals surface area contributed by atoms with Gasteiger partial charge < -0.3 is 9.47 Å². The number of rotatable bonds is 16. The monoisotopic (exact) mass is 436 g/mol. The minimum absolute atomic E-state index is 0.000810. The molecule has 0 saturated heterocycles. The van der Waals surface area contributed by atoms with Crippen LogP contribution in [0.5, 0.6) is 0 Å². The van der Waals surface area contributed by atoms with Crippen LogP contribution in [-0.2, 0) is 19.1 Å². The largest absolute Gasteiger partial charge is 0.465 e. The van der Waals surface area contributed by atoms with Crippen LogP contribution in [0.1, 0.15) is 105 Å². The molecule has 180 valence electrons. The minimum atomic E-state index is -0.426. The van der Waals surface area contributed by atoms with Crippen molar-refractivity contribution in [3.8, 4) is 0 Å². The number of carbonyl (C=O) groups excluding carboxylic acids is 2. The maximum Gasteiger partial charge on any atom is 0.310 e. The van der Waals surface area contributed by atoms with Crippen LogP contribution in [0.4, 0.5) is 0 Å². The van der Waals surface area contributed by atoms with E-state index in [1.54, 1.807) is 0 Å². The predicted molar refractivity (Wildman–Crippen MR) is 128 cm³/mol. The van der Waals surface area contributed by atoms with Gasteiger partial charge in [-0.1, -0.05) is 98.1 Å². The summed E-state index contributed by atoms with van der Waals surface area (Å²) in [5.41, 5.74) is 0. The van der Waals surface area contributed by atoms with E-state index in [1.807, 2.05) is 19.1 Å². The molecule has 0 aromatic rings. The lowest BCUT2D eigenvalue weighted by atomic mass is 9.76. The third-order valence-corrected chi connectivity index (χ3v) is 6.24. The number of hydrogen-bond acceptors (Lipinski definition) is 4. The lowest BCUT2D eigenvalue weighted by Gasteiger charge is -2.30. The summed E-state index contributed by atoms with van der Waals surface area (Å²) in [6, 6.07) is 0. The van der Waals surface area contributed by atoms with Crippen molar-refractivity contribution >= 4 is 11.9 Å². The topological polar surface area (TPSA) is 52.6 Å². The van der Waals surface area contributed by atoms with Crippen LogP contribution in [0.3, 0.4) is 0 Å². The molecule has 0 aromatic heterocycles. The van der Waals surface area contributed by atoms with E-state index in [-0.39, 0.29) is 17.9 Å². The van der Waals surface area contributed by atoms with Gasteiger partial charge in [-0.3, -0.25) is 9.59 Å². The van der Waals surface area contributed by atoms with E-state index in [2.05, 4.69) is 27.7 Å². The van der Waals surface area contributed by atoms with Crippen molar-refractivity contribution in [1.82, 2.24) is 0 Å². The summed E-state index contributed by atoms with van der Waals surface area (Å²) in [5, 5.41) is 0. The third kappa shape index (κ3) is 12.3. The van der Waals surface area contributed by atoms with Gasteiger partial charge in [-0.25, -0.2) is 0 Å². The standard InChI is InChI=1S/C27H48O4/c1-21(2)15-10-6-8-12-19-30-26(28)24-18-14-17-23(5)25(24)27(29)31-20-13-9-7-11-16-22(3)4/h14,17,21-25H,6-13,15-16,18-20H2,1-5H3.